The second kappa shape index (κ2) is 7.60. The van der Waals surface area contributed by atoms with Crippen molar-refractivity contribution in [2.75, 3.05) is 13.1 Å². The summed E-state index contributed by atoms with van der Waals surface area (Å²) in [5.41, 5.74) is 1.14. The van der Waals surface area contributed by atoms with E-state index in [1.807, 2.05) is 18.5 Å². The Balaban J connectivity index is 1.43. The van der Waals surface area contributed by atoms with Gasteiger partial charge in [-0.3, -0.25) is 9.36 Å². The van der Waals surface area contributed by atoms with E-state index in [1.54, 1.807) is 0 Å². The lowest BCUT2D eigenvalue weighted by atomic mass is 9.92. The van der Waals surface area contributed by atoms with Crippen LogP contribution in [0.25, 0.3) is 5.82 Å². The predicted octanol–water partition coefficient (Wildman–Crippen LogP) is 3.73. The average molecular weight is 352 g/mol. The van der Waals surface area contributed by atoms with Crippen molar-refractivity contribution in [3.05, 3.63) is 42.1 Å². The highest BCUT2D eigenvalue weighted by Crippen LogP contribution is 2.31. The molecule has 2 fully saturated rings. The fourth-order valence-corrected chi connectivity index (χ4v) is 4.43. The van der Waals surface area contributed by atoms with Gasteiger partial charge < -0.3 is 4.90 Å². The van der Waals surface area contributed by atoms with Crippen molar-refractivity contribution < 1.29 is 4.79 Å². The van der Waals surface area contributed by atoms with Gasteiger partial charge in [0.1, 0.15) is 11.6 Å². The van der Waals surface area contributed by atoms with Gasteiger partial charge in [0.25, 0.3) is 0 Å². The number of hydrogen-bond acceptors (Lipinski definition) is 3. The Hall–Kier alpha value is -2.17. The van der Waals surface area contributed by atoms with Crippen LogP contribution in [0.4, 0.5) is 0 Å². The van der Waals surface area contributed by atoms with Crippen LogP contribution in [0.1, 0.15) is 62.9 Å². The molecule has 2 aromatic rings. The number of nitrogens with zero attached hydrogens (tertiary/aromatic N) is 4. The molecule has 5 nitrogen and oxygen atoms in total. The number of hydrogen-bond donors (Lipinski definition) is 0. The van der Waals surface area contributed by atoms with Gasteiger partial charge in [-0.05, 0) is 37.8 Å². The third-order valence-corrected chi connectivity index (χ3v) is 5.97. The molecular formula is C21H28N4O. The number of imidazole rings is 1. The SMILES string of the molecule is CCc1nccn1-c1cccc(C2CCN(C(=O)C3CCCC3)CC2)n1. The Bertz CT molecular complexity index is 755. The molecule has 0 spiro atoms. The first-order valence-corrected chi connectivity index (χ1v) is 10.0. The van der Waals surface area contributed by atoms with Crippen LogP contribution in [0.5, 0.6) is 0 Å². The van der Waals surface area contributed by atoms with E-state index in [4.69, 9.17) is 4.98 Å². The molecule has 138 valence electrons. The van der Waals surface area contributed by atoms with Crippen LogP contribution in [0.3, 0.4) is 0 Å². The molecule has 5 heteroatoms. The molecule has 0 atom stereocenters. The van der Waals surface area contributed by atoms with Crippen molar-refractivity contribution in [1.29, 1.82) is 0 Å². The first-order chi connectivity index (χ1) is 12.8. The number of aryl methyl sites for hydroxylation is 1. The van der Waals surface area contributed by atoms with Crippen LogP contribution in [-0.2, 0) is 11.2 Å². The second-order valence-corrected chi connectivity index (χ2v) is 7.57. The molecule has 1 aliphatic carbocycles. The first-order valence-electron chi connectivity index (χ1n) is 10.0. The summed E-state index contributed by atoms with van der Waals surface area (Å²) in [7, 11) is 0. The first kappa shape index (κ1) is 17.3. The van der Waals surface area contributed by atoms with Crippen molar-refractivity contribution >= 4 is 5.91 Å². The smallest absolute Gasteiger partial charge is 0.225 e. The molecule has 1 saturated heterocycles. The molecule has 26 heavy (non-hydrogen) atoms. The van der Waals surface area contributed by atoms with Crippen molar-refractivity contribution in [1.82, 2.24) is 19.4 Å². The molecule has 0 unspecified atom stereocenters. The topological polar surface area (TPSA) is 51.0 Å². The Morgan fingerprint density at radius 2 is 1.92 bits per heavy atom. The maximum Gasteiger partial charge on any atom is 0.225 e. The third-order valence-electron chi connectivity index (χ3n) is 5.97. The van der Waals surface area contributed by atoms with Gasteiger partial charge in [0.15, 0.2) is 0 Å². The molecule has 2 aromatic heterocycles. The zero-order chi connectivity index (χ0) is 17.9. The molecule has 0 radical (unpaired) electrons. The summed E-state index contributed by atoms with van der Waals surface area (Å²) in [6, 6.07) is 6.27. The molecule has 0 bridgehead atoms. The summed E-state index contributed by atoms with van der Waals surface area (Å²) in [5.74, 6) is 3.11. The van der Waals surface area contributed by atoms with E-state index in [1.165, 1.54) is 12.8 Å². The zero-order valence-corrected chi connectivity index (χ0v) is 15.6. The Kier molecular flexibility index (Phi) is 5.05. The molecule has 0 N–H and O–H groups in total. The number of likely N-dealkylation sites (tertiary alicyclic amines) is 1. The minimum absolute atomic E-state index is 0.293. The quantitative estimate of drug-likeness (QED) is 0.842. The van der Waals surface area contributed by atoms with Gasteiger partial charge >= 0.3 is 0 Å². The van der Waals surface area contributed by atoms with Gasteiger partial charge in [0.05, 0.1) is 0 Å². The normalized spacial score (nSPS) is 19.2. The maximum atomic E-state index is 12.6. The van der Waals surface area contributed by atoms with Gasteiger partial charge in [-0.1, -0.05) is 25.8 Å². The lowest BCUT2D eigenvalue weighted by Gasteiger charge is -2.33. The number of amides is 1. The van der Waals surface area contributed by atoms with Crippen molar-refractivity contribution in [3.63, 3.8) is 0 Å². The molecule has 3 heterocycles. The van der Waals surface area contributed by atoms with Gasteiger partial charge in [0.2, 0.25) is 5.91 Å². The molecule has 0 aromatic carbocycles. The molecule has 4 rings (SSSR count). The largest absolute Gasteiger partial charge is 0.342 e. The lowest BCUT2D eigenvalue weighted by Crippen LogP contribution is -2.40. The number of aromatic nitrogens is 3. The molecule has 1 saturated carbocycles. The van der Waals surface area contributed by atoms with E-state index in [0.717, 1.165) is 62.5 Å². The van der Waals surface area contributed by atoms with Crippen molar-refractivity contribution in [3.8, 4) is 5.82 Å². The van der Waals surface area contributed by atoms with E-state index in [9.17, 15) is 4.79 Å². The van der Waals surface area contributed by atoms with Gasteiger partial charge in [-0.2, -0.15) is 0 Å². The van der Waals surface area contributed by atoms with Crippen LogP contribution >= 0.6 is 0 Å². The third kappa shape index (κ3) is 3.39. The standard InChI is InChI=1S/C21H28N4O/c1-2-19-22-12-15-25(19)20-9-5-8-18(23-20)16-10-13-24(14-11-16)21(26)17-6-3-4-7-17/h5,8-9,12,15-17H,2-4,6-7,10-11,13-14H2,1H3. The van der Waals surface area contributed by atoms with Gasteiger partial charge in [-0.15, -0.1) is 0 Å². The summed E-state index contributed by atoms with van der Waals surface area (Å²) >= 11 is 0. The highest BCUT2D eigenvalue weighted by molar-refractivity contribution is 5.79. The van der Waals surface area contributed by atoms with E-state index < -0.39 is 0 Å². The molecule has 2 aliphatic rings. The predicted molar refractivity (Wildman–Crippen MR) is 101 cm³/mol. The van der Waals surface area contributed by atoms with Crippen LogP contribution < -0.4 is 0 Å². The summed E-state index contributed by atoms with van der Waals surface area (Å²) in [4.78, 5) is 24.0. The van der Waals surface area contributed by atoms with Gasteiger partial charge in [0, 0.05) is 49.4 Å². The van der Waals surface area contributed by atoms with E-state index in [-0.39, 0.29) is 0 Å². The maximum absolute atomic E-state index is 12.6. The second-order valence-electron chi connectivity index (χ2n) is 7.57. The monoisotopic (exact) mass is 352 g/mol. The zero-order valence-electron chi connectivity index (χ0n) is 15.6. The van der Waals surface area contributed by atoms with Crippen molar-refractivity contribution in [2.24, 2.45) is 5.92 Å². The summed E-state index contributed by atoms with van der Waals surface area (Å²) in [6.45, 7) is 3.86. The minimum Gasteiger partial charge on any atom is -0.342 e. The van der Waals surface area contributed by atoms with E-state index in [2.05, 4.69) is 33.5 Å². The highest BCUT2D eigenvalue weighted by atomic mass is 16.2. The number of carbonyl (C=O) groups excluding carboxylic acids is 1. The lowest BCUT2D eigenvalue weighted by molar-refractivity contribution is -0.136. The number of pyridine rings is 1. The fourth-order valence-electron chi connectivity index (χ4n) is 4.43. The van der Waals surface area contributed by atoms with Gasteiger partial charge in [-0.25, -0.2) is 9.97 Å². The van der Waals surface area contributed by atoms with Crippen LogP contribution in [0.15, 0.2) is 30.6 Å². The fraction of sp³-hybridized carbons (Fsp3) is 0.571. The summed E-state index contributed by atoms with van der Waals surface area (Å²) in [6.07, 6.45) is 11.4. The minimum atomic E-state index is 0.293. The molecule has 1 aliphatic heterocycles. The van der Waals surface area contributed by atoms with Crippen LogP contribution in [-0.4, -0.2) is 38.4 Å². The number of piperidine rings is 1. The van der Waals surface area contributed by atoms with Crippen molar-refractivity contribution in [2.45, 2.75) is 57.8 Å². The Labute approximate surface area is 155 Å². The Morgan fingerprint density at radius 3 is 2.65 bits per heavy atom. The van der Waals surface area contributed by atoms with E-state index in [0.29, 0.717) is 17.7 Å². The van der Waals surface area contributed by atoms with Crippen LogP contribution in [0.2, 0.25) is 0 Å². The highest BCUT2D eigenvalue weighted by Gasteiger charge is 2.30. The number of rotatable bonds is 4. The Morgan fingerprint density at radius 1 is 1.15 bits per heavy atom. The molecular weight excluding hydrogens is 324 g/mol. The summed E-state index contributed by atoms with van der Waals surface area (Å²) < 4.78 is 2.07. The summed E-state index contributed by atoms with van der Waals surface area (Å²) in [5, 5.41) is 0. The molecule has 1 amide bonds. The number of carbonyl (C=O) groups is 1. The van der Waals surface area contributed by atoms with Crippen LogP contribution in [0, 0.1) is 5.92 Å². The average Bonchev–Trinajstić information content (AvgIpc) is 3.39. The van der Waals surface area contributed by atoms with E-state index >= 15 is 0 Å².